The second-order valence-corrected chi connectivity index (χ2v) is 7.69. The van der Waals surface area contributed by atoms with Gasteiger partial charge >= 0.3 is 0 Å². The number of para-hydroxylation sites is 1. The Bertz CT molecular complexity index is 654. The van der Waals surface area contributed by atoms with Gasteiger partial charge in [-0.15, -0.1) is 22.9 Å². The molecule has 0 fully saturated rings. The molecule has 3 nitrogen and oxygen atoms in total. The summed E-state index contributed by atoms with van der Waals surface area (Å²) in [7, 11) is -3.39. The van der Waals surface area contributed by atoms with E-state index in [4.69, 9.17) is 11.6 Å². The highest BCUT2D eigenvalue weighted by Crippen LogP contribution is 2.31. The van der Waals surface area contributed by atoms with Gasteiger partial charge in [-0.2, -0.15) is 0 Å². The van der Waals surface area contributed by atoms with Crippen LogP contribution in [0, 0.1) is 5.92 Å². The average Bonchev–Trinajstić information content (AvgIpc) is 2.92. The lowest BCUT2D eigenvalue weighted by atomic mass is 10.1. The highest BCUT2D eigenvalue weighted by atomic mass is 35.5. The summed E-state index contributed by atoms with van der Waals surface area (Å²) in [5, 5.41) is 1.97. The van der Waals surface area contributed by atoms with E-state index in [1.54, 1.807) is 17.4 Å². The molecule has 108 valence electrons. The molecule has 1 aromatic carbocycles. The largest absolute Gasteiger partial charge is 0.283 e. The van der Waals surface area contributed by atoms with E-state index in [0.29, 0.717) is 11.6 Å². The Labute approximate surface area is 128 Å². The molecule has 0 bridgehead atoms. The molecule has 0 amide bonds. The predicted octanol–water partition coefficient (Wildman–Crippen LogP) is 4.03. The first kappa shape index (κ1) is 15.4. The minimum atomic E-state index is -3.39. The Morgan fingerprint density at radius 1 is 1.25 bits per heavy atom. The first-order valence-corrected chi connectivity index (χ1v) is 9.28. The van der Waals surface area contributed by atoms with Gasteiger partial charge in [0.05, 0.1) is 11.4 Å². The number of sulfonamides is 1. The van der Waals surface area contributed by atoms with Crippen LogP contribution >= 0.6 is 22.9 Å². The van der Waals surface area contributed by atoms with Crippen LogP contribution in [0.25, 0.3) is 10.4 Å². The van der Waals surface area contributed by atoms with Gasteiger partial charge < -0.3 is 0 Å². The summed E-state index contributed by atoms with van der Waals surface area (Å²) in [6.07, 6.45) is 0. The van der Waals surface area contributed by atoms with E-state index in [1.807, 2.05) is 42.6 Å². The molecular weight excluding hydrogens is 314 g/mol. The van der Waals surface area contributed by atoms with E-state index >= 15 is 0 Å². The molecular formula is C14H16ClNO2S2. The van der Waals surface area contributed by atoms with Gasteiger partial charge in [-0.1, -0.05) is 31.2 Å². The van der Waals surface area contributed by atoms with Gasteiger partial charge in [0.25, 0.3) is 0 Å². The van der Waals surface area contributed by atoms with Crippen molar-refractivity contribution < 1.29 is 8.42 Å². The van der Waals surface area contributed by atoms with Crippen LogP contribution in [-0.4, -0.2) is 20.1 Å². The predicted molar refractivity (Wildman–Crippen MR) is 87.0 cm³/mol. The topological polar surface area (TPSA) is 46.2 Å². The molecule has 0 aliphatic heterocycles. The summed E-state index contributed by atoms with van der Waals surface area (Å²) in [4.78, 5) is 1.04. The third-order valence-corrected chi connectivity index (χ3v) is 5.72. The van der Waals surface area contributed by atoms with Crippen molar-refractivity contribution in [3.8, 4) is 10.4 Å². The lowest BCUT2D eigenvalue weighted by Crippen LogP contribution is -2.22. The van der Waals surface area contributed by atoms with E-state index in [1.165, 1.54) is 0 Å². The number of rotatable bonds is 6. The fraction of sp³-hybridized carbons (Fsp3) is 0.286. The van der Waals surface area contributed by atoms with E-state index in [2.05, 4.69) is 4.72 Å². The number of hydrogen-bond donors (Lipinski definition) is 1. The van der Waals surface area contributed by atoms with Gasteiger partial charge in [-0.3, -0.25) is 4.72 Å². The first-order valence-electron chi connectivity index (χ1n) is 6.21. The summed E-state index contributed by atoms with van der Waals surface area (Å²) in [5.41, 5.74) is 1.50. The molecule has 1 atom stereocenters. The molecule has 0 saturated carbocycles. The number of thiophene rings is 1. The van der Waals surface area contributed by atoms with Crippen molar-refractivity contribution in [2.75, 3.05) is 16.4 Å². The lowest BCUT2D eigenvalue weighted by molar-refractivity contribution is 0.588. The van der Waals surface area contributed by atoms with Crippen molar-refractivity contribution in [1.82, 2.24) is 0 Å². The zero-order valence-electron chi connectivity index (χ0n) is 11.0. The lowest BCUT2D eigenvalue weighted by Gasteiger charge is -2.13. The fourth-order valence-electron chi connectivity index (χ4n) is 1.85. The number of hydrogen-bond acceptors (Lipinski definition) is 3. The van der Waals surface area contributed by atoms with Crippen LogP contribution in [0.2, 0.25) is 0 Å². The summed E-state index contributed by atoms with van der Waals surface area (Å²) in [5.74, 6) is 0.269. The molecule has 0 spiro atoms. The first-order chi connectivity index (χ1) is 9.52. The Kier molecular flexibility index (Phi) is 5.07. The number of anilines is 1. The van der Waals surface area contributed by atoms with E-state index in [9.17, 15) is 8.42 Å². The number of halogens is 1. The van der Waals surface area contributed by atoms with Crippen LogP contribution in [0.3, 0.4) is 0 Å². The molecule has 20 heavy (non-hydrogen) atoms. The average molecular weight is 330 g/mol. The molecule has 2 rings (SSSR count). The second-order valence-electron chi connectivity index (χ2n) is 4.67. The molecule has 6 heteroatoms. The molecule has 1 heterocycles. The monoisotopic (exact) mass is 329 g/mol. The third-order valence-electron chi connectivity index (χ3n) is 2.75. The molecule has 0 aliphatic carbocycles. The summed E-state index contributed by atoms with van der Waals surface area (Å²) >= 11 is 7.26. The summed E-state index contributed by atoms with van der Waals surface area (Å²) in [6.45, 7) is 1.82. The van der Waals surface area contributed by atoms with Gasteiger partial charge in [0.15, 0.2) is 0 Å². The van der Waals surface area contributed by atoms with Crippen LogP contribution in [0.4, 0.5) is 5.69 Å². The van der Waals surface area contributed by atoms with Crippen LogP contribution in [0.15, 0.2) is 41.8 Å². The number of alkyl halides is 1. The van der Waals surface area contributed by atoms with Gasteiger partial charge in [0.2, 0.25) is 10.0 Å². The highest BCUT2D eigenvalue weighted by Gasteiger charge is 2.17. The quantitative estimate of drug-likeness (QED) is 0.813. The van der Waals surface area contributed by atoms with Crippen LogP contribution in [0.5, 0.6) is 0 Å². The second kappa shape index (κ2) is 6.61. The SMILES string of the molecule is CC(CCl)CS(=O)(=O)Nc1ccccc1-c1cccs1. The van der Waals surface area contributed by atoms with Crippen LogP contribution in [-0.2, 0) is 10.0 Å². The minimum Gasteiger partial charge on any atom is -0.283 e. The smallest absolute Gasteiger partial charge is 0.233 e. The maximum Gasteiger partial charge on any atom is 0.233 e. The van der Waals surface area contributed by atoms with Crippen molar-refractivity contribution in [3.63, 3.8) is 0 Å². The molecule has 1 aromatic heterocycles. The molecule has 0 aliphatic rings. The Balaban J connectivity index is 2.26. The Morgan fingerprint density at radius 2 is 2.00 bits per heavy atom. The van der Waals surface area contributed by atoms with Gasteiger partial charge in [0, 0.05) is 16.3 Å². The zero-order valence-corrected chi connectivity index (χ0v) is 13.4. The summed E-state index contributed by atoms with van der Waals surface area (Å²) in [6, 6.07) is 11.3. The molecule has 1 unspecified atom stereocenters. The normalized spacial score (nSPS) is 13.1. The molecule has 0 saturated heterocycles. The van der Waals surface area contributed by atoms with Crippen molar-refractivity contribution in [3.05, 3.63) is 41.8 Å². The minimum absolute atomic E-state index is 0.0231. The molecule has 1 N–H and O–H groups in total. The Hall–Kier alpha value is -1.04. The molecule has 2 aromatic rings. The number of benzene rings is 1. The Morgan fingerprint density at radius 3 is 2.65 bits per heavy atom. The van der Waals surface area contributed by atoms with E-state index in [-0.39, 0.29) is 11.7 Å². The number of nitrogens with one attached hydrogen (secondary N) is 1. The fourth-order valence-corrected chi connectivity index (χ4v) is 4.31. The molecule has 0 radical (unpaired) electrons. The van der Waals surface area contributed by atoms with E-state index < -0.39 is 10.0 Å². The highest BCUT2D eigenvalue weighted by molar-refractivity contribution is 7.92. The van der Waals surface area contributed by atoms with Crippen molar-refractivity contribution >= 4 is 38.6 Å². The van der Waals surface area contributed by atoms with Gasteiger partial charge in [-0.25, -0.2) is 8.42 Å². The maximum atomic E-state index is 12.1. The third kappa shape index (κ3) is 3.98. The maximum absolute atomic E-state index is 12.1. The van der Waals surface area contributed by atoms with Crippen molar-refractivity contribution in [2.45, 2.75) is 6.92 Å². The van der Waals surface area contributed by atoms with Crippen molar-refractivity contribution in [2.24, 2.45) is 5.92 Å². The summed E-state index contributed by atoms with van der Waals surface area (Å²) < 4.78 is 26.9. The van der Waals surface area contributed by atoms with Crippen LogP contribution < -0.4 is 4.72 Å². The van der Waals surface area contributed by atoms with Gasteiger partial charge in [-0.05, 0) is 23.4 Å². The van der Waals surface area contributed by atoms with Crippen LogP contribution in [0.1, 0.15) is 6.92 Å². The van der Waals surface area contributed by atoms with E-state index in [0.717, 1.165) is 10.4 Å². The van der Waals surface area contributed by atoms with Gasteiger partial charge in [0.1, 0.15) is 0 Å². The standard InChI is InChI=1S/C14H16ClNO2S2/c1-11(9-15)10-20(17,18)16-13-6-3-2-5-12(13)14-7-4-8-19-14/h2-8,11,16H,9-10H2,1H3. The zero-order chi connectivity index (χ0) is 14.6. The van der Waals surface area contributed by atoms with Crippen molar-refractivity contribution in [1.29, 1.82) is 0 Å².